The average molecular weight is 291 g/mol. The Morgan fingerprint density at radius 3 is 2.71 bits per heavy atom. The van der Waals surface area contributed by atoms with E-state index in [0.29, 0.717) is 11.1 Å². The van der Waals surface area contributed by atoms with Crippen LogP contribution in [0.1, 0.15) is 11.1 Å². The van der Waals surface area contributed by atoms with Crippen LogP contribution in [-0.4, -0.2) is 12.5 Å². The molecule has 5 heteroatoms. The third kappa shape index (κ3) is 4.56. The minimum atomic E-state index is -0.428. The van der Waals surface area contributed by atoms with Gasteiger partial charge in [-0.1, -0.05) is 18.2 Å². The second kappa shape index (κ2) is 6.83. The smallest absolute Gasteiger partial charge is 0.258 e. The molecule has 0 aliphatic heterocycles. The minimum absolute atomic E-state index is 0.211. The van der Waals surface area contributed by atoms with Crippen LogP contribution in [0.5, 0.6) is 5.75 Å². The fourth-order valence-corrected chi connectivity index (χ4v) is 1.70. The fourth-order valence-electron chi connectivity index (χ4n) is 1.70. The fraction of sp³-hybridized carbons (Fsp3) is 0.188. The van der Waals surface area contributed by atoms with E-state index in [4.69, 9.17) is 4.74 Å². The van der Waals surface area contributed by atoms with E-state index < -0.39 is 5.82 Å². The van der Waals surface area contributed by atoms with Gasteiger partial charge >= 0.3 is 0 Å². The maximum atomic E-state index is 13.3. The van der Waals surface area contributed by atoms with Crippen molar-refractivity contribution in [3.05, 3.63) is 65.2 Å². The van der Waals surface area contributed by atoms with Gasteiger partial charge in [-0.3, -0.25) is 4.79 Å². The topological polar surface area (TPSA) is 38.3 Å². The molecular weight excluding hydrogens is 276 g/mol. The Labute approximate surface area is 121 Å². The molecule has 2 aromatic carbocycles. The summed E-state index contributed by atoms with van der Waals surface area (Å²) in [5, 5.41) is 2.61. The lowest BCUT2D eigenvalue weighted by Gasteiger charge is -2.08. The minimum Gasteiger partial charge on any atom is -0.484 e. The van der Waals surface area contributed by atoms with Crippen molar-refractivity contribution in [2.24, 2.45) is 0 Å². The van der Waals surface area contributed by atoms with Crippen molar-refractivity contribution in [3.63, 3.8) is 0 Å². The lowest BCUT2D eigenvalue weighted by atomic mass is 10.1. The number of amides is 1. The Kier molecular flexibility index (Phi) is 4.87. The van der Waals surface area contributed by atoms with Crippen LogP contribution in [0.25, 0.3) is 0 Å². The second-order valence-corrected chi connectivity index (χ2v) is 4.61. The molecule has 0 spiro atoms. The van der Waals surface area contributed by atoms with Crippen LogP contribution in [0, 0.1) is 18.6 Å². The molecule has 0 atom stereocenters. The molecule has 3 nitrogen and oxygen atoms in total. The third-order valence-electron chi connectivity index (χ3n) is 2.89. The summed E-state index contributed by atoms with van der Waals surface area (Å²) in [4.78, 5) is 11.6. The number of nitrogens with one attached hydrogen (secondary N) is 1. The van der Waals surface area contributed by atoms with E-state index in [2.05, 4.69) is 5.32 Å². The number of halogens is 2. The van der Waals surface area contributed by atoms with E-state index in [9.17, 15) is 13.6 Å². The summed E-state index contributed by atoms with van der Waals surface area (Å²) in [7, 11) is 0. The SMILES string of the molecule is Cc1ccc(CNC(=O)COc2cccc(F)c2)cc1F. The number of hydrogen-bond acceptors (Lipinski definition) is 2. The summed E-state index contributed by atoms with van der Waals surface area (Å²) in [6, 6.07) is 10.3. The van der Waals surface area contributed by atoms with Crippen LogP contribution in [0.4, 0.5) is 8.78 Å². The van der Waals surface area contributed by atoms with Crippen molar-refractivity contribution in [1.82, 2.24) is 5.32 Å². The van der Waals surface area contributed by atoms with E-state index in [1.165, 1.54) is 24.3 Å². The van der Waals surface area contributed by atoms with Crippen LogP contribution in [0.3, 0.4) is 0 Å². The monoisotopic (exact) mass is 291 g/mol. The van der Waals surface area contributed by atoms with Crippen LogP contribution in [-0.2, 0) is 11.3 Å². The second-order valence-electron chi connectivity index (χ2n) is 4.61. The van der Waals surface area contributed by atoms with Crippen molar-refractivity contribution in [2.75, 3.05) is 6.61 Å². The summed E-state index contributed by atoms with van der Waals surface area (Å²) in [5.74, 6) is -0.812. The molecular formula is C16H15F2NO2. The molecule has 21 heavy (non-hydrogen) atoms. The van der Waals surface area contributed by atoms with Crippen LogP contribution >= 0.6 is 0 Å². The van der Waals surface area contributed by atoms with Gasteiger partial charge in [-0.15, -0.1) is 0 Å². The normalized spacial score (nSPS) is 10.2. The van der Waals surface area contributed by atoms with Gasteiger partial charge in [0, 0.05) is 12.6 Å². The van der Waals surface area contributed by atoms with Crippen LogP contribution in [0.2, 0.25) is 0 Å². The molecule has 1 N–H and O–H groups in total. The highest BCUT2D eigenvalue weighted by molar-refractivity contribution is 5.77. The third-order valence-corrected chi connectivity index (χ3v) is 2.89. The highest BCUT2D eigenvalue weighted by atomic mass is 19.1. The van der Waals surface area contributed by atoms with Gasteiger partial charge in [-0.05, 0) is 36.2 Å². The largest absolute Gasteiger partial charge is 0.484 e. The molecule has 0 radical (unpaired) electrons. The highest BCUT2D eigenvalue weighted by Gasteiger charge is 2.05. The van der Waals surface area contributed by atoms with Gasteiger partial charge in [0.2, 0.25) is 0 Å². The molecule has 2 rings (SSSR count). The Morgan fingerprint density at radius 2 is 2.00 bits per heavy atom. The first-order chi connectivity index (χ1) is 10.0. The van der Waals surface area contributed by atoms with Crippen molar-refractivity contribution in [2.45, 2.75) is 13.5 Å². The summed E-state index contributed by atoms with van der Waals surface area (Å²) >= 11 is 0. The molecule has 0 saturated carbocycles. The number of carbonyl (C=O) groups is 1. The molecule has 0 unspecified atom stereocenters. The molecule has 0 fully saturated rings. The first kappa shape index (κ1) is 15.0. The average Bonchev–Trinajstić information content (AvgIpc) is 2.46. The summed E-state index contributed by atoms with van der Waals surface area (Å²) in [6.07, 6.45) is 0. The van der Waals surface area contributed by atoms with Gasteiger partial charge < -0.3 is 10.1 Å². The zero-order valence-electron chi connectivity index (χ0n) is 11.5. The summed E-state index contributed by atoms with van der Waals surface area (Å²) in [5.41, 5.74) is 1.22. The highest BCUT2D eigenvalue weighted by Crippen LogP contribution is 2.12. The maximum Gasteiger partial charge on any atom is 0.258 e. The molecule has 2 aromatic rings. The Balaban J connectivity index is 1.80. The van der Waals surface area contributed by atoms with Gasteiger partial charge in [-0.2, -0.15) is 0 Å². The van der Waals surface area contributed by atoms with Gasteiger partial charge in [0.15, 0.2) is 6.61 Å². The van der Waals surface area contributed by atoms with Gasteiger partial charge in [0.25, 0.3) is 5.91 Å². The predicted molar refractivity (Wildman–Crippen MR) is 74.9 cm³/mol. The van der Waals surface area contributed by atoms with Crippen molar-refractivity contribution in [1.29, 1.82) is 0 Å². The van der Waals surface area contributed by atoms with E-state index in [0.717, 1.165) is 0 Å². The van der Waals surface area contributed by atoms with Crippen LogP contribution in [0.15, 0.2) is 42.5 Å². The van der Waals surface area contributed by atoms with Crippen molar-refractivity contribution >= 4 is 5.91 Å². The number of ether oxygens (including phenoxy) is 1. The number of hydrogen-bond donors (Lipinski definition) is 1. The molecule has 110 valence electrons. The molecule has 0 heterocycles. The molecule has 1 amide bonds. The zero-order chi connectivity index (χ0) is 15.2. The molecule has 0 aliphatic rings. The quantitative estimate of drug-likeness (QED) is 0.919. The molecule has 0 aliphatic carbocycles. The summed E-state index contributed by atoms with van der Waals surface area (Å²) < 4.78 is 31.4. The number of rotatable bonds is 5. The van der Waals surface area contributed by atoms with Gasteiger partial charge in [-0.25, -0.2) is 8.78 Å². The first-order valence-electron chi connectivity index (χ1n) is 6.44. The van der Waals surface area contributed by atoms with Crippen molar-refractivity contribution < 1.29 is 18.3 Å². The van der Waals surface area contributed by atoms with E-state index in [1.54, 1.807) is 25.1 Å². The van der Waals surface area contributed by atoms with E-state index in [-0.39, 0.29) is 30.6 Å². The van der Waals surface area contributed by atoms with Gasteiger partial charge in [0.05, 0.1) is 0 Å². The number of carbonyl (C=O) groups excluding carboxylic acids is 1. The first-order valence-corrected chi connectivity index (χ1v) is 6.44. The lowest BCUT2D eigenvalue weighted by Crippen LogP contribution is -2.28. The van der Waals surface area contributed by atoms with E-state index >= 15 is 0 Å². The zero-order valence-corrected chi connectivity index (χ0v) is 11.5. The number of benzene rings is 2. The molecule has 0 bridgehead atoms. The lowest BCUT2D eigenvalue weighted by molar-refractivity contribution is -0.123. The summed E-state index contributed by atoms with van der Waals surface area (Å²) in [6.45, 7) is 1.66. The van der Waals surface area contributed by atoms with Crippen molar-refractivity contribution in [3.8, 4) is 5.75 Å². The Morgan fingerprint density at radius 1 is 1.19 bits per heavy atom. The maximum absolute atomic E-state index is 13.3. The number of aryl methyl sites for hydroxylation is 1. The van der Waals surface area contributed by atoms with Gasteiger partial charge in [0.1, 0.15) is 17.4 Å². The van der Waals surface area contributed by atoms with Crippen LogP contribution < -0.4 is 10.1 Å². The standard InChI is InChI=1S/C16H15F2NO2/c1-11-5-6-12(7-15(11)18)9-19-16(20)10-21-14-4-2-3-13(17)8-14/h2-8H,9-10H2,1H3,(H,19,20). The van der Waals surface area contributed by atoms with E-state index in [1.807, 2.05) is 0 Å². The molecule has 0 aromatic heterocycles. The Bertz CT molecular complexity index is 644. The Hall–Kier alpha value is -2.43. The predicted octanol–water partition coefficient (Wildman–Crippen LogP) is 2.97. The molecule has 0 saturated heterocycles.